The Morgan fingerprint density at radius 1 is 1.26 bits per heavy atom. The minimum absolute atomic E-state index is 0. The summed E-state index contributed by atoms with van der Waals surface area (Å²) in [5.41, 5.74) is 0.761. The molecule has 0 saturated carbocycles. The maximum absolute atomic E-state index is 13.6. The van der Waals surface area contributed by atoms with Crippen LogP contribution in [0.4, 0.5) is 8.78 Å². The Morgan fingerprint density at radius 3 is 2.39 bits per heavy atom. The zero-order chi connectivity index (χ0) is 16.5. The van der Waals surface area contributed by atoms with Gasteiger partial charge in [0.15, 0.2) is 5.96 Å². The molecule has 1 heterocycles. The van der Waals surface area contributed by atoms with Crippen molar-refractivity contribution >= 4 is 29.9 Å². The molecule has 1 aliphatic heterocycles. The summed E-state index contributed by atoms with van der Waals surface area (Å²) in [5, 5.41) is 3.27. The molecule has 23 heavy (non-hydrogen) atoms. The van der Waals surface area contributed by atoms with E-state index in [4.69, 9.17) is 0 Å². The first-order valence-electron chi connectivity index (χ1n) is 7.61. The zero-order valence-electron chi connectivity index (χ0n) is 14.4. The standard InChI is InChI=1S/C17H25F2N3.HI/c1-16(2)11-22(17(16,3)4)15(20-5)21-9-8-12-6-7-13(18)10-14(12)19;/h6-7,10H,8-9,11H2,1-5H3,(H,20,21);1H. The molecular weight excluding hydrogens is 411 g/mol. The second-order valence-electron chi connectivity index (χ2n) is 6.99. The van der Waals surface area contributed by atoms with Crippen molar-refractivity contribution in [1.29, 1.82) is 0 Å². The van der Waals surface area contributed by atoms with Gasteiger partial charge in [-0.3, -0.25) is 4.99 Å². The Balaban J connectivity index is 0.00000264. The molecule has 1 saturated heterocycles. The molecule has 0 aliphatic carbocycles. The number of guanidine groups is 1. The maximum atomic E-state index is 13.6. The lowest BCUT2D eigenvalue weighted by Crippen LogP contribution is -2.72. The zero-order valence-corrected chi connectivity index (χ0v) is 16.7. The van der Waals surface area contributed by atoms with Gasteiger partial charge in [0.2, 0.25) is 0 Å². The van der Waals surface area contributed by atoms with Crippen LogP contribution >= 0.6 is 24.0 Å². The van der Waals surface area contributed by atoms with E-state index in [0.717, 1.165) is 18.6 Å². The average Bonchev–Trinajstić information content (AvgIpc) is 2.44. The highest BCUT2D eigenvalue weighted by Gasteiger charge is 2.53. The van der Waals surface area contributed by atoms with E-state index in [2.05, 4.69) is 42.9 Å². The predicted molar refractivity (Wildman–Crippen MR) is 101 cm³/mol. The van der Waals surface area contributed by atoms with E-state index in [1.54, 1.807) is 7.05 Å². The van der Waals surface area contributed by atoms with Crippen LogP contribution < -0.4 is 5.32 Å². The molecule has 1 aromatic carbocycles. The Labute approximate surface area is 154 Å². The highest BCUT2D eigenvalue weighted by Crippen LogP contribution is 2.46. The van der Waals surface area contributed by atoms with Crippen molar-refractivity contribution in [2.45, 2.75) is 39.7 Å². The molecule has 0 unspecified atom stereocenters. The first-order valence-corrected chi connectivity index (χ1v) is 7.61. The van der Waals surface area contributed by atoms with Crippen molar-refractivity contribution in [2.24, 2.45) is 10.4 Å². The van der Waals surface area contributed by atoms with Gasteiger partial charge in [0.1, 0.15) is 11.6 Å². The quantitative estimate of drug-likeness (QED) is 0.443. The summed E-state index contributed by atoms with van der Waals surface area (Å²) in [4.78, 5) is 6.55. The van der Waals surface area contributed by atoms with Crippen LogP contribution in [-0.2, 0) is 6.42 Å². The van der Waals surface area contributed by atoms with Gasteiger partial charge in [-0.1, -0.05) is 19.9 Å². The number of nitrogens with one attached hydrogen (secondary N) is 1. The van der Waals surface area contributed by atoms with Crippen LogP contribution in [0.5, 0.6) is 0 Å². The third-order valence-corrected chi connectivity index (χ3v) is 5.04. The van der Waals surface area contributed by atoms with Crippen molar-refractivity contribution in [2.75, 3.05) is 20.1 Å². The largest absolute Gasteiger partial charge is 0.356 e. The second kappa shape index (κ2) is 7.32. The highest BCUT2D eigenvalue weighted by atomic mass is 127. The van der Waals surface area contributed by atoms with Crippen LogP contribution in [0.15, 0.2) is 23.2 Å². The fourth-order valence-electron chi connectivity index (χ4n) is 2.73. The Hall–Kier alpha value is -0.920. The van der Waals surface area contributed by atoms with E-state index in [0.29, 0.717) is 18.5 Å². The number of aliphatic imine (C=N–C) groups is 1. The molecule has 0 spiro atoms. The topological polar surface area (TPSA) is 27.6 Å². The van der Waals surface area contributed by atoms with Crippen molar-refractivity contribution in [3.8, 4) is 0 Å². The molecule has 6 heteroatoms. The molecule has 0 aromatic heterocycles. The van der Waals surface area contributed by atoms with Gasteiger partial charge < -0.3 is 10.2 Å². The van der Waals surface area contributed by atoms with Crippen LogP contribution in [0, 0.1) is 17.0 Å². The lowest BCUT2D eigenvalue weighted by molar-refractivity contribution is -0.0666. The molecule has 0 radical (unpaired) electrons. The van der Waals surface area contributed by atoms with Crippen molar-refractivity contribution < 1.29 is 8.78 Å². The summed E-state index contributed by atoms with van der Waals surface area (Å²) in [6, 6.07) is 3.70. The molecule has 1 aromatic rings. The molecule has 0 bridgehead atoms. The average molecular weight is 437 g/mol. The second-order valence-corrected chi connectivity index (χ2v) is 6.99. The van der Waals surface area contributed by atoms with E-state index in [1.807, 2.05) is 0 Å². The van der Waals surface area contributed by atoms with Crippen molar-refractivity contribution in [3.05, 3.63) is 35.4 Å². The number of hydrogen-bond acceptors (Lipinski definition) is 1. The van der Waals surface area contributed by atoms with E-state index >= 15 is 0 Å². The van der Waals surface area contributed by atoms with Crippen molar-refractivity contribution in [3.63, 3.8) is 0 Å². The number of likely N-dealkylation sites (tertiary alicyclic amines) is 1. The Morgan fingerprint density at radius 2 is 1.91 bits per heavy atom. The third-order valence-electron chi connectivity index (χ3n) is 5.04. The Kier molecular flexibility index (Phi) is 6.40. The first-order chi connectivity index (χ1) is 10.2. The number of nitrogens with zero attached hydrogens (tertiary/aromatic N) is 2. The summed E-state index contributed by atoms with van der Waals surface area (Å²) >= 11 is 0. The fraction of sp³-hybridized carbons (Fsp3) is 0.588. The Bertz CT molecular complexity index is 585. The molecule has 1 aliphatic rings. The van der Waals surface area contributed by atoms with Crippen LogP contribution in [0.3, 0.4) is 0 Å². The summed E-state index contributed by atoms with van der Waals surface area (Å²) in [6.45, 7) is 10.4. The summed E-state index contributed by atoms with van der Waals surface area (Å²) < 4.78 is 26.5. The van der Waals surface area contributed by atoms with Crippen LogP contribution in [0.25, 0.3) is 0 Å². The van der Waals surface area contributed by atoms with E-state index < -0.39 is 11.6 Å². The lowest BCUT2D eigenvalue weighted by Gasteiger charge is -2.62. The number of hydrogen-bond donors (Lipinski definition) is 1. The predicted octanol–water partition coefficient (Wildman–Crippen LogP) is 3.82. The van der Waals surface area contributed by atoms with Gasteiger partial charge in [-0.05, 0) is 31.9 Å². The van der Waals surface area contributed by atoms with Gasteiger partial charge >= 0.3 is 0 Å². The van der Waals surface area contributed by atoms with Gasteiger partial charge in [0, 0.05) is 37.2 Å². The molecular formula is C17H26F2IN3. The summed E-state index contributed by atoms with van der Waals surface area (Å²) in [7, 11) is 1.75. The van der Waals surface area contributed by atoms with Crippen LogP contribution in [-0.4, -0.2) is 36.5 Å². The molecule has 3 nitrogen and oxygen atoms in total. The van der Waals surface area contributed by atoms with E-state index in [1.165, 1.54) is 12.1 Å². The van der Waals surface area contributed by atoms with Gasteiger partial charge in [0.25, 0.3) is 0 Å². The minimum Gasteiger partial charge on any atom is -0.356 e. The number of benzene rings is 1. The van der Waals surface area contributed by atoms with E-state index in [-0.39, 0.29) is 34.9 Å². The summed E-state index contributed by atoms with van der Waals surface area (Å²) in [6.07, 6.45) is 0.489. The van der Waals surface area contributed by atoms with Crippen molar-refractivity contribution in [1.82, 2.24) is 10.2 Å². The smallest absolute Gasteiger partial charge is 0.194 e. The lowest BCUT2D eigenvalue weighted by atomic mass is 9.65. The molecule has 0 atom stereocenters. The normalized spacial score (nSPS) is 18.9. The van der Waals surface area contributed by atoms with Gasteiger partial charge in [-0.15, -0.1) is 24.0 Å². The molecule has 0 amide bonds. The fourth-order valence-corrected chi connectivity index (χ4v) is 2.73. The molecule has 130 valence electrons. The van der Waals surface area contributed by atoms with Gasteiger partial charge in [0.05, 0.1) is 0 Å². The molecule has 1 N–H and O–H groups in total. The highest BCUT2D eigenvalue weighted by molar-refractivity contribution is 14.0. The third kappa shape index (κ3) is 3.95. The SMILES string of the molecule is CN=C(NCCc1ccc(F)cc1F)N1CC(C)(C)C1(C)C.I. The van der Waals surface area contributed by atoms with Gasteiger partial charge in [-0.25, -0.2) is 8.78 Å². The molecule has 2 rings (SSSR count). The number of halogens is 3. The van der Waals surface area contributed by atoms with Crippen LogP contribution in [0.2, 0.25) is 0 Å². The monoisotopic (exact) mass is 437 g/mol. The van der Waals surface area contributed by atoms with Gasteiger partial charge in [-0.2, -0.15) is 0 Å². The van der Waals surface area contributed by atoms with Crippen LogP contribution in [0.1, 0.15) is 33.3 Å². The maximum Gasteiger partial charge on any atom is 0.194 e. The first kappa shape index (κ1) is 20.1. The van der Waals surface area contributed by atoms with E-state index in [9.17, 15) is 8.78 Å². The molecule has 1 fully saturated rings. The minimum atomic E-state index is -0.547. The summed E-state index contributed by atoms with van der Waals surface area (Å²) in [5.74, 6) is -0.219. The number of rotatable bonds is 3.